The normalized spacial score (nSPS) is 11.8. The first-order valence-electron chi connectivity index (χ1n) is 9.01. The molecule has 1 atom stereocenters. The number of carbonyl (C=O) groups excluding carboxylic acids is 1. The highest BCUT2D eigenvalue weighted by Gasteiger charge is 2.20. The predicted octanol–water partition coefficient (Wildman–Crippen LogP) is 4.49. The van der Waals surface area contributed by atoms with Gasteiger partial charge in [-0.25, -0.2) is 0 Å². The van der Waals surface area contributed by atoms with Gasteiger partial charge < -0.3 is 19.2 Å². The zero-order chi connectivity index (χ0) is 21.0. The van der Waals surface area contributed by atoms with Gasteiger partial charge in [0.1, 0.15) is 11.5 Å². The number of rotatable bonds is 7. The van der Waals surface area contributed by atoms with Crippen LogP contribution in [0.3, 0.4) is 0 Å². The summed E-state index contributed by atoms with van der Waals surface area (Å²) in [5.74, 6) is 1.43. The molecule has 2 aromatic carbocycles. The molecule has 0 bridgehead atoms. The summed E-state index contributed by atoms with van der Waals surface area (Å²) < 4.78 is 16.3. The number of benzene rings is 2. The molecule has 152 valence electrons. The Hall–Kier alpha value is -3.00. The number of hydrogen-bond donors (Lipinski definition) is 1. The minimum absolute atomic E-state index is 0.134. The minimum atomic E-state index is -0.413. The largest absolute Gasteiger partial charge is 0.497 e. The van der Waals surface area contributed by atoms with Gasteiger partial charge in [-0.3, -0.25) is 4.79 Å². The predicted molar refractivity (Wildman–Crippen MR) is 113 cm³/mol. The third kappa shape index (κ3) is 5.08. The SMILES string of the molecule is COc1cc(OC)cc(-c2nnc(S[C@H](C)C(=O)Nc3ccc(C)cc3C)o2)c1. The molecular weight excluding hydrogens is 390 g/mol. The summed E-state index contributed by atoms with van der Waals surface area (Å²) >= 11 is 1.20. The van der Waals surface area contributed by atoms with Crippen molar-refractivity contribution >= 4 is 23.4 Å². The van der Waals surface area contributed by atoms with Gasteiger partial charge in [-0.2, -0.15) is 0 Å². The van der Waals surface area contributed by atoms with Crippen molar-refractivity contribution < 1.29 is 18.7 Å². The van der Waals surface area contributed by atoms with E-state index < -0.39 is 5.25 Å². The lowest BCUT2D eigenvalue weighted by Crippen LogP contribution is -2.22. The van der Waals surface area contributed by atoms with Crippen LogP contribution in [0.4, 0.5) is 5.69 Å². The van der Waals surface area contributed by atoms with E-state index in [9.17, 15) is 4.79 Å². The second-order valence-electron chi connectivity index (χ2n) is 6.54. The quantitative estimate of drug-likeness (QED) is 0.571. The Labute approximate surface area is 173 Å². The van der Waals surface area contributed by atoms with Crippen molar-refractivity contribution in [3.63, 3.8) is 0 Å². The van der Waals surface area contributed by atoms with Gasteiger partial charge >= 0.3 is 0 Å². The number of amides is 1. The molecule has 1 N–H and O–H groups in total. The Bertz CT molecular complexity index is 997. The molecule has 7 nitrogen and oxygen atoms in total. The van der Waals surface area contributed by atoms with Gasteiger partial charge in [0.05, 0.1) is 19.5 Å². The van der Waals surface area contributed by atoms with Crippen LogP contribution < -0.4 is 14.8 Å². The van der Waals surface area contributed by atoms with Crippen LogP contribution in [0, 0.1) is 13.8 Å². The smallest absolute Gasteiger partial charge is 0.277 e. The van der Waals surface area contributed by atoms with Crippen LogP contribution in [0.1, 0.15) is 18.1 Å². The molecule has 0 saturated carbocycles. The molecule has 0 unspecified atom stereocenters. The molecule has 0 saturated heterocycles. The van der Waals surface area contributed by atoms with Crippen molar-refractivity contribution in [1.29, 1.82) is 0 Å². The van der Waals surface area contributed by atoms with E-state index in [1.807, 2.05) is 32.0 Å². The van der Waals surface area contributed by atoms with Crippen molar-refractivity contribution in [1.82, 2.24) is 10.2 Å². The molecule has 0 radical (unpaired) electrons. The van der Waals surface area contributed by atoms with E-state index in [0.717, 1.165) is 16.8 Å². The van der Waals surface area contributed by atoms with Crippen LogP contribution in [-0.2, 0) is 4.79 Å². The standard InChI is InChI=1S/C21H23N3O4S/c1-12-6-7-18(13(2)8-12)22-19(25)14(3)29-21-24-23-20(28-21)15-9-16(26-4)11-17(10-15)27-5/h6-11,14H,1-5H3,(H,22,25)/t14-/m1/s1. The first kappa shape index (κ1) is 20.7. The molecular formula is C21H23N3O4S. The van der Waals surface area contributed by atoms with Crippen molar-refractivity contribution in [3.8, 4) is 23.0 Å². The topological polar surface area (TPSA) is 86.5 Å². The van der Waals surface area contributed by atoms with E-state index in [1.54, 1.807) is 39.3 Å². The minimum Gasteiger partial charge on any atom is -0.497 e. The van der Waals surface area contributed by atoms with Crippen LogP contribution in [-0.4, -0.2) is 35.6 Å². The van der Waals surface area contributed by atoms with Gasteiger partial charge in [0.2, 0.25) is 11.8 Å². The van der Waals surface area contributed by atoms with Gasteiger partial charge in [0.25, 0.3) is 5.22 Å². The second-order valence-corrected chi connectivity index (χ2v) is 7.83. The van der Waals surface area contributed by atoms with E-state index in [1.165, 1.54) is 11.8 Å². The van der Waals surface area contributed by atoms with Gasteiger partial charge in [-0.1, -0.05) is 29.5 Å². The first-order valence-corrected chi connectivity index (χ1v) is 9.89. The Morgan fingerprint density at radius 2 is 1.76 bits per heavy atom. The lowest BCUT2D eigenvalue weighted by atomic mass is 10.1. The third-order valence-corrected chi connectivity index (χ3v) is 5.23. The zero-order valence-electron chi connectivity index (χ0n) is 17.0. The lowest BCUT2D eigenvalue weighted by molar-refractivity contribution is -0.115. The molecule has 0 aliphatic rings. The van der Waals surface area contributed by atoms with E-state index in [4.69, 9.17) is 13.9 Å². The summed E-state index contributed by atoms with van der Waals surface area (Å²) in [6, 6.07) is 11.2. The molecule has 0 aliphatic carbocycles. The van der Waals surface area contributed by atoms with Crippen molar-refractivity contribution in [2.75, 3.05) is 19.5 Å². The number of aryl methyl sites for hydroxylation is 2. The number of aromatic nitrogens is 2. The zero-order valence-corrected chi connectivity index (χ0v) is 17.8. The summed E-state index contributed by atoms with van der Waals surface area (Å²) in [5, 5.41) is 11.0. The van der Waals surface area contributed by atoms with E-state index in [-0.39, 0.29) is 5.91 Å². The number of thioether (sulfide) groups is 1. The highest BCUT2D eigenvalue weighted by molar-refractivity contribution is 8.00. The van der Waals surface area contributed by atoms with Gasteiger partial charge in [-0.15, -0.1) is 10.2 Å². The molecule has 29 heavy (non-hydrogen) atoms. The average molecular weight is 413 g/mol. The highest BCUT2D eigenvalue weighted by Crippen LogP contribution is 2.31. The molecule has 0 spiro atoms. The number of ether oxygens (including phenoxy) is 2. The second kappa shape index (κ2) is 9.00. The maximum Gasteiger partial charge on any atom is 0.277 e. The summed E-state index contributed by atoms with van der Waals surface area (Å²) in [5.41, 5.74) is 3.63. The molecule has 3 rings (SSSR count). The Kier molecular flexibility index (Phi) is 6.43. The Balaban J connectivity index is 1.70. The van der Waals surface area contributed by atoms with E-state index in [0.29, 0.717) is 28.2 Å². The maximum atomic E-state index is 12.5. The first-order chi connectivity index (χ1) is 13.9. The molecule has 0 aliphatic heterocycles. The van der Waals surface area contributed by atoms with Gasteiger partial charge in [-0.05, 0) is 44.5 Å². The Morgan fingerprint density at radius 3 is 2.38 bits per heavy atom. The van der Waals surface area contributed by atoms with Gasteiger partial charge in [0.15, 0.2) is 0 Å². The van der Waals surface area contributed by atoms with Crippen LogP contribution >= 0.6 is 11.8 Å². The van der Waals surface area contributed by atoms with Crippen LogP contribution in [0.25, 0.3) is 11.5 Å². The average Bonchev–Trinajstić information content (AvgIpc) is 3.18. The number of nitrogens with zero attached hydrogens (tertiary/aromatic N) is 2. The fourth-order valence-electron chi connectivity index (χ4n) is 2.70. The van der Waals surface area contributed by atoms with Crippen LogP contribution in [0.2, 0.25) is 0 Å². The molecule has 3 aromatic rings. The Morgan fingerprint density at radius 1 is 1.07 bits per heavy atom. The summed E-state index contributed by atoms with van der Waals surface area (Å²) in [4.78, 5) is 12.5. The molecule has 0 fully saturated rings. The summed E-state index contributed by atoms with van der Waals surface area (Å²) in [6.07, 6.45) is 0. The molecule has 1 aromatic heterocycles. The molecule has 8 heteroatoms. The summed E-state index contributed by atoms with van der Waals surface area (Å²) in [6.45, 7) is 5.78. The number of nitrogens with one attached hydrogen (secondary N) is 1. The third-order valence-electron chi connectivity index (χ3n) is 4.29. The fourth-order valence-corrected chi connectivity index (χ4v) is 3.38. The van der Waals surface area contributed by atoms with Crippen LogP contribution in [0.5, 0.6) is 11.5 Å². The number of anilines is 1. The van der Waals surface area contributed by atoms with E-state index in [2.05, 4.69) is 15.5 Å². The number of hydrogen-bond acceptors (Lipinski definition) is 7. The van der Waals surface area contributed by atoms with Crippen molar-refractivity contribution in [2.45, 2.75) is 31.2 Å². The van der Waals surface area contributed by atoms with Gasteiger partial charge in [0, 0.05) is 17.3 Å². The number of methoxy groups -OCH3 is 2. The van der Waals surface area contributed by atoms with E-state index >= 15 is 0 Å². The highest BCUT2D eigenvalue weighted by atomic mass is 32.2. The lowest BCUT2D eigenvalue weighted by Gasteiger charge is -2.12. The fraction of sp³-hybridized carbons (Fsp3) is 0.286. The number of carbonyl (C=O) groups is 1. The van der Waals surface area contributed by atoms with Crippen molar-refractivity contribution in [2.24, 2.45) is 0 Å². The summed E-state index contributed by atoms with van der Waals surface area (Å²) in [7, 11) is 3.15. The molecule has 1 amide bonds. The molecule has 1 heterocycles. The van der Waals surface area contributed by atoms with Crippen LogP contribution in [0.15, 0.2) is 46.0 Å². The monoisotopic (exact) mass is 413 g/mol. The van der Waals surface area contributed by atoms with Crippen molar-refractivity contribution in [3.05, 3.63) is 47.5 Å². The maximum absolute atomic E-state index is 12.5.